The zero-order valence-corrected chi connectivity index (χ0v) is 14.7. The van der Waals surface area contributed by atoms with Crippen LogP contribution in [-0.2, 0) is 26.3 Å². The molecule has 1 N–H and O–H groups in total. The number of aromatic nitrogens is 2. The molecule has 0 spiro atoms. The molecular formula is C21H25N3O. The Morgan fingerprint density at radius 3 is 2.64 bits per heavy atom. The normalized spacial score (nSPS) is 17.5. The molecule has 4 nitrogen and oxygen atoms in total. The standard InChI is InChI=1S/C21H25N3O/c1-23-19(9-12-22-23)7-8-21(25)18-6-5-16-10-13-24(20-3-2-4-20)14-11-17(16)15-18/h2-6,9,12,15,21,25H,7-8,10-11,13-14H2,1H3. The lowest BCUT2D eigenvalue weighted by molar-refractivity contribution is 0.167. The van der Waals surface area contributed by atoms with Gasteiger partial charge in [-0.25, -0.2) is 0 Å². The van der Waals surface area contributed by atoms with Crippen LogP contribution < -0.4 is 0 Å². The minimum absolute atomic E-state index is 0.420. The topological polar surface area (TPSA) is 41.3 Å². The van der Waals surface area contributed by atoms with Gasteiger partial charge in [-0.1, -0.05) is 24.3 Å². The molecule has 0 amide bonds. The van der Waals surface area contributed by atoms with Gasteiger partial charge in [-0.3, -0.25) is 4.68 Å². The van der Waals surface area contributed by atoms with Crippen LogP contribution in [0.3, 0.4) is 0 Å². The van der Waals surface area contributed by atoms with Gasteiger partial charge in [0.25, 0.3) is 0 Å². The number of rotatable bonds is 5. The summed E-state index contributed by atoms with van der Waals surface area (Å²) >= 11 is 0. The minimum Gasteiger partial charge on any atom is -0.388 e. The van der Waals surface area contributed by atoms with E-state index in [0.717, 1.165) is 50.0 Å². The van der Waals surface area contributed by atoms with Gasteiger partial charge in [0, 0.05) is 37.7 Å². The Bertz CT molecular complexity index is 818. The highest BCUT2D eigenvalue weighted by atomic mass is 16.3. The van der Waals surface area contributed by atoms with Gasteiger partial charge in [-0.2, -0.15) is 5.10 Å². The Kier molecular flexibility index (Phi) is 4.45. The monoisotopic (exact) mass is 335 g/mol. The van der Waals surface area contributed by atoms with Gasteiger partial charge in [0.1, 0.15) is 0 Å². The fraction of sp³-hybridized carbons (Fsp3) is 0.381. The number of nitrogens with zero attached hydrogens (tertiary/aromatic N) is 3. The van der Waals surface area contributed by atoms with Crippen molar-refractivity contribution in [2.24, 2.45) is 7.05 Å². The molecule has 2 aromatic rings. The number of fused-ring (bicyclic) bond motifs is 1. The van der Waals surface area contributed by atoms with E-state index in [-0.39, 0.29) is 0 Å². The van der Waals surface area contributed by atoms with Crippen LogP contribution in [0.2, 0.25) is 0 Å². The van der Waals surface area contributed by atoms with Gasteiger partial charge in [0.2, 0.25) is 0 Å². The van der Waals surface area contributed by atoms with E-state index in [2.05, 4.69) is 46.4 Å². The zero-order chi connectivity index (χ0) is 17.2. The smallest absolute Gasteiger partial charge is 0.0793 e. The first-order valence-corrected chi connectivity index (χ1v) is 9.10. The molecule has 0 bridgehead atoms. The van der Waals surface area contributed by atoms with Crippen molar-refractivity contribution in [2.45, 2.75) is 31.8 Å². The van der Waals surface area contributed by atoms with Gasteiger partial charge in [0.15, 0.2) is 0 Å². The SMILES string of the molecule is Cn1nccc1CCC(O)c1ccc2c(c1)CCN(C1=CC=C1)CC2. The van der Waals surface area contributed by atoms with Crippen molar-refractivity contribution in [2.75, 3.05) is 13.1 Å². The average Bonchev–Trinajstić information content (AvgIpc) is 2.87. The Morgan fingerprint density at radius 1 is 1.16 bits per heavy atom. The second-order valence-corrected chi connectivity index (χ2v) is 6.97. The average molecular weight is 335 g/mol. The molecule has 2 aliphatic rings. The van der Waals surface area contributed by atoms with Crippen molar-refractivity contribution in [3.63, 3.8) is 0 Å². The number of hydrogen-bond donors (Lipinski definition) is 1. The number of aliphatic hydroxyl groups excluding tert-OH is 1. The maximum Gasteiger partial charge on any atom is 0.0793 e. The summed E-state index contributed by atoms with van der Waals surface area (Å²) < 4.78 is 1.88. The Morgan fingerprint density at radius 2 is 1.96 bits per heavy atom. The van der Waals surface area contributed by atoms with Crippen LogP contribution in [0.25, 0.3) is 0 Å². The summed E-state index contributed by atoms with van der Waals surface area (Å²) in [6.45, 7) is 2.13. The highest BCUT2D eigenvalue weighted by Crippen LogP contribution is 2.26. The van der Waals surface area contributed by atoms with E-state index in [4.69, 9.17) is 0 Å². The lowest BCUT2D eigenvalue weighted by Crippen LogP contribution is -2.26. The summed E-state index contributed by atoms with van der Waals surface area (Å²) in [5.41, 5.74) is 6.37. The quantitative estimate of drug-likeness (QED) is 0.913. The van der Waals surface area contributed by atoms with Crippen LogP contribution in [0.1, 0.15) is 34.9 Å². The van der Waals surface area contributed by atoms with Crippen molar-refractivity contribution in [1.82, 2.24) is 14.7 Å². The molecule has 1 aliphatic heterocycles. The predicted octanol–water partition coefficient (Wildman–Crippen LogP) is 2.94. The van der Waals surface area contributed by atoms with Gasteiger partial charge in [-0.05, 0) is 60.6 Å². The van der Waals surface area contributed by atoms with Crippen molar-refractivity contribution >= 4 is 0 Å². The third-order valence-corrected chi connectivity index (χ3v) is 5.41. The first-order chi connectivity index (χ1) is 12.2. The second-order valence-electron chi connectivity index (χ2n) is 6.97. The summed E-state index contributed by atoms with van der Waals surface area (Å²) in [6.07, 6.45) is 11.5. The van der Waals surface area contributed by atoms with Crippen LogP contribution in [-0.4, -0.2) is 32.9 Å². The molecule has 1 aromatic carbocycles. The summed E-state index contributed by atoms with van der Waals surface area (Å²) in [5.74, 6) is 0. The Labute approximate surface area is 149 Å². The van der Waals surface area contributed by atoms with Crippen LogP contribution in [0, 0.1) is 0 Å². The third kappa shape index (κ3) is 3.40. The summed E-state index contributed by atoms with van der Waals surface area (Å²) in [6, 6.07) is 8.55. The molecule has 25 heavy (non-hydrogen) atoms. The molecule has 0 saturated heterocycles. The molecule has 0 saturated carbocycles. The fourth-order valence-corrected chi connectivity index (χ4v) is 3.70. The summed E-state index contributed by atoms with van der Waals surface area (Å²) in [7, 11) is 1.95. The lowest BCUT2D eigenvalue weighted by Gasteiger charge is -2.26. The zero-order valence-electron chi connectivity index (χ0n) is 14.7. The van der Waals surface area contributed by atoms with Crippen LogP contribution >= 0.6 is 0 Å². The molecule has 1 aromatic heterocycles. The van der Waals surface area contributed by atoms with E-state index in [9.17, 15) is 5.11 Å². The number of allylic oxidation sites excluding steroid dienone is 3. The number of aliphatic hydroxyl groups is 1. The number of aryl methyl sites for hydroxylation is 2. The van der Waals surface area contributed by atoms with Crippen molar-refractivity contribution < 1.29 is 5.11 Å². The molecular weight excluding hydrogens is 310 g/mol. The fourth-order valence-electron chi connectivity index (χ4n) is 3.70. The predicted molar refractivity (Wildman–Crippen MR) is 99.1 cm³/mol. The van der Waals surface area contributed by atoms with Gasteiger partial charge in [-0.15, -0.1) is 0 Å². The first-order valence-electron chi connectivity index (χ1n) is 9.10. The molecule has 0 radical (unpaired) electrons. The van der Waals surface area contributed by atoms with Gasteiger partial charge < -0.3 is 10.0 Å². The van der Waals surface area contributed by atoms with E-state index in [0.29, 0.717) is 0 Å². The molecule has 2 heterocycles. The van der Waals surface area contributed by atoms with E-state index in [1.54, 1.807) is 0 Å². The van der Waals surface area contributed by atoms with Gasteiger partial charge in [0.05, 0.1) is 6.10 Å². The van der Waals surface area contributed by atoms with E-state index < -0.39 is 6.10 Å². The van der Waals surface area contributed by atoms with Crippen molar-refractivity contribution in [1.29, 1.82) is 0 Å². The maximum absolute atomic E-state index is 10.6. The molecule has 1 atom stereocenters. The van der Waals surface area contributed by atoms with E-state index in [1.165, 1.54) is 16.8 Å². The third-order valence-electron chi connectivity index (χ3n) is 5.41. The van der Waals surface area contributed by atoms with Crippen LogP contribution in [0.5, 0.6) is 0 Å². The molecule has 1 aliphatic carbocycles. The number of benzene rings is 1. The number of hydrogen-bond acceptors (Lipinski definition) is 3. The molecule has 0 fully saturated rings. The van der Waals surface area contributed by atoms with Crippen molar-refractivity contribution in [3.8, 4) is 0 Å². The largest absolute Gasteiger partial charge is 0.388 e. The summed E-state index contributed by atoms with van der Waals surface area (Å²) in [5, 5.41) is 14.8. The Balaban J connectivity index is 1.42. The van der Waals surface area contributed by atoms with Gasteiger partial charge >= 0.3 is 0 Å². The first kappa shape index (κ1) is 16.2. The molecule has 1 unspecified atom stereocenters. The molecule has 130 valence electrons. The minimum atomic E-state index is -0.420. The van der Waals surface area contributed by atoms with Crippen LogP contribution in [0.15, 0.2) is 54.4 Å². The van der Waals surface area contributed by atoms with Crippen molar-refractivity contribution in [3.05, 3.63) is 76.8 Å². The Hall–Kier alpha value is -2.33. The highest BCUT2D eigenvalue weighted by molar-refractivity contribution is 5.38. The lowest BCUT2D eigenvalue weighted by atomic mass is 9.96. The maximum atomic E-state index is 10.6. The molecule has 4 rings (SSSR count). The van der Waals surface area contributed by atoms with Crippen LogP contribution in [0.4, 0.5) is 0 Å². The van der Waals surface area contributed by atoms with E-state index >= 15 is 0 Å². The molecule has 4 heteroatoms. The summed E-state index contributed by atoms with van der Waals surface area (Å²) in [4.78, 5) is 2.46. The van der Waals surface area contributed by atoms with E-state index in [1.807, 2.05) is 24.0 Å². The second kappa shape index (κ2) is 6.89. The highest BCUT2D eigenvalue weighted by Gasteiger charge is 2.18.